The van der Waals surface area contributed by atoms with Crippen LogP contribution in [0.4, 0.5) is 4.79 Å². The van der Waals surface area contributed by atoms with Crippen molar-refractivity contribution in [2.24, 2.45) is 0 Å². The molecule has 1 aliphatic heterocycles. The molecule has 0 spiro atoms. The van der Waals surface area contributed by atoms with Gasteiger partial charge in [0, 0.05) is 6.92 Å². The minimum absolute atomic E-state index is 0.352. The van der Waals surface area contributed by atoms with Crippen LogP contribution in [0.3, 0.4) is 0 Å². The molecule has 0 aromatic heterocycles. The van der Waals surface area contributed by atoms with Crippen molar-refractivity contribution >= 4 is 17.9 Å². The summed E-state index contributed by atoms with van der Waals surface area (Å²) >= 11 is 0. The van der Waals surface area contributed by atoms with E-state index in [2.05, 4.69) is 10.6 Å². The van der Waals surface area contributed by atoms with Crippen molar-refractivity contribution in [1.82, 2.24) is 10.6 Å². The van der Waals surface area contributed by atoms with Crippen molar-refractivity contribution in [3.63, 3.8) is 0 Å². The van der Waals surface area contributed by atoms with Gasteiger partial charge in [-0.25, -0.2) is 4.79 Å². The quantitative estimate of drug-likeness (QED) is 0.738. The number of hydrogen-bond donors (Lipinski definition) is 3. The molecule has 6 heteroatoms. The van der Waals surface area contributed by atoms with Crippen LogP contribution in [0.5, 0.6) is 0 Å². The van der Waals surface area contributed by atoms with Crippen LogP contribution in [-0.2, 0) is 15.1 Å². The molecule has 2 aromatic carbocycles. The monoisotopic (exact) mass is 312 g/mol. The van der Waals surface area contributed by atoms with Crippen LogP contribution in [0.1, 0.15) is 18.1 Å². The SMILES string of the molecule is CC(=O)O.O=C1NC(=O)C(c2ccccc2)(c2ccccc2)N1. The Kier molecular flexibility index (Phi) is 4.75. The number of nitrogens with one attached hydrogen (secondary N) is 2. The minimum atomic E-state index is -1.14. The standard InChI is InChI=1S/C15H12N2O2.C2H4O2/c18-13-15(17-14(19)16-13,11-7-3-1-4-8-11)12-9-5-2-6-10-12;1-2(3)4/h1-10H,(H2,16,17,18,19);1H3,(H,3,4). The highest BCUT2D eigenvalue weighted by atomic mass is 16.4. The van der Waals surface area contributed by atoms with Crippen molar-refractivity contribution in [2.45, 2.75) is 12.5 Å². The highest BCUT2D eigenvalue weighted by Gasteiger charge is 2.48. The predicted molar refractivity (Wildman–Crippen MR) is 83.6 cm³/mol. The molecule has 0 saturated carbocycles. The Bertz CT molecular complexity index is 670. The van der Waals surface area contributed by atoms with Crippen molar-refractivity contribution in [3.05, 3.63) is 71.8 Å². The summed E-state index contributed by atoms with van der Waals surface area (Å²) in [7, 11) is 0. The molecular weight excluding hydrogens is 296 g/mol. The molecule has 6 nitrogen and oxygen atoms in total. The van der Waals surface area contributed by atoms with E-state index in [1.54, 1.807) is 0 Å². The smallest absolute Gasteiger partial charge is 0.322 e. The van der Waals surface area contributed by atoms with Crippen LogP contribution < -0.4 is 10.6 Å². The van der Waals surface area contributed by atoms with Gasteiger partial charge in [0.15, 0.2) is 5.54 Å². The molecule has 2 aromatic rings. The summed E-state index contributed by atoms with van der Waals surface area (Å²) in [5, 5.41) is 12.5. The van der Waals surface area contributed by atoms with E-state index in [1.165, 1.54) is 0 Å². The summed E-state index contributed by atoms with van der Waals surface area (Å²) in [5.74, 6) is -1.19. The van der Waals surface area contributed by atoms with Gasteiger partial charge in [0.2, 0.25) is 0 Å². The number of urea groups is 1. The number of carboxylic acid groups (broad SMARTS) is 1. The molecule has 1 aliphatic rings. The topological polar surface area (TPSA) is 95.5 Å². The maximum Gasteiger partial charge on any atom is 0.322 e. The maximum absolute atomic E-state index is 12.3. The number of carbonyl (C=O) groups is 3. The Morgan fingerprint density at radius 2 is 1.30 bits per heavy atom. The van der Waals surface area contributed by atoms with Crippen molar-refractivity contribution in [3.8, 4) is 0 Å². The second-order valence-corrected chi connectivity index (χ2v) is 4.91. The zero-order valence-corrected chi connectivity index (χ0v) is 12.4. The van der Waals surface area contributed by atoms with Crippen LogP contribution in [0.25, 0.3) is 0 Å². The second-order valence-electron chi connectivity index (χ2n) is 4.91. The number of carboxylic acids is 1. The lowest BCUT2D eigenvalue weighted by Gasteiger charge is -2.27. The average Bonchev–Trinajstić information content (AvgIpc) is 2.84. The zero-order chi connectivity index (χ0) is 16.9. The second kappa shape index (κ2) is 6.74. The lowest BCUT2D eigenvalue weighted by Crippen LogP contribution is -2.44. The Morgan fingerprint density at radius 3 is 1.61 bits per heavy atom. The molecule has 23 heavy (non-hydrogen) atoms. The molecule has 0 radical (unpaired) electrons. The molecule has 0 atom stereocenters. The molecule has 0 unspecified atom stereocenters. The van der Waals surface area contributed by atoms with Crippen molar-refractivity contribution < 1.29 is 19.5 Å². The fourth-order valence-electron chi connectivity index (χ4n) is 2.40. The Hall–Kier alpha value is -3.15. The Labute approximate surface area is 133 Å². The lowest BCUT2D eigenvalue weighted by atomic mass is 9.83. The van der Waals surface area contributed by atoms with Crippen molar-refractivity contribution in [2.75, 3.05) is 0 Å². The third kappa shape index (κ3) is 3.37. The first-order chi connectivity index (χ1) is 11.0. The third-order valence-electron chi connectivity index (χ3n) is 3.28. The molecule has 3 amide bonds. The van der Waals surface area contributed by atoms with Crippen LogP contribution in [0.2, 0.25) is 0 Å². The lowest BCUT2D eigenvalue weighted by molar-refractivity contribution is -0.134. The molecule has 1 saturated heterocycles. The van der Waals surface area contributed by atoms with Gasteiger partial charge in [-0.1, -0.05) is 60.7 Å². The average molecular weight is 312 g/mol. The molecule has 1 fully saturated rings. The number of hydrogen-bond acceptors (Lipinski definition) is 3. The minimum Gasteiger partial charge on any atom is -0.481 e. The van der Waals surface area contributed by atoms with Crippen LogP contribution in [0, 0.1) is 0 Å². The van der Waals surface area contributed by atoms with E-state index in [0.29, 0.717) is 0 Å². The van der Waals surface area contributed by atoms with Crippen LogP contribution in [-0.4, -0.2) is 23.0 Å². The summed E-state index contributed by atoms with van der Waals surface area (Å²) in [6.07, 6.45) is 0. The largest absolute Gasteiger partial charge is 0.481 e. The van der Waals surface area contributed by atoms with Gasteiger partial charge in [-0.05, 0) is 11.1 Å². The maximum atomic E-state index is 12.3. The van der Waals surface area contributed by atoms with Gasteiger partial charge in [0.25, 0.3) is 11.9 Å². The number of benzene rings is 2. The highest BCUT2D eigenvalue weighted by molar-refractivity contribution is 6.09. The highest BCUT2D eigenvalue weighted by Crippen LogP contribution is 2.32. The first kappa shape index (κ1) is 16.2. The predicted octanol–water partition coefficient (Wildman–Crippen LogP) is 1.86. The molecule has 3 rings (SSSR count). The number of rotatable bonds is 2. The molecule has 1 heterocycles. The number of carbonyl (C=O) groups excluding carboxylic acids is 2. The van der Waals surface area contributed by atoms with Crippen LogP contribution >= 0.6 is 0 Å². The number of amides is 3. The molecule has 0 bridgehead atoms. The fraction of sp³-hybridized carbons (Fsp3) is 0.118. The van der Waals surface area contributed by atoms with Gasteiger partial charge in [-0.3, -0.25) is 14.9 Å². The van der Waals surface area contributed by atoms with E-state index in [-0.39, 0.29) is 5.91 Å². The van der Waals surface area contributed by atoms with E-state index in [9.17, 15) is 9.59 Å². The van der Waals surface area contributed by atoms with Gasteiger partial charge >= 0.3 is 6.03 Å². The van der Waals surface area contributed by atoms with Gasteiger partial charge in [-0.15, -0.1) is 0 Å². The summed E-state index contributed by atoms with van der Waals surface area (Å²) in [5.41, 5.74) is 0.341. The Balaban J connectivity index is 0.000000433. The molecular formula is C17H16N2O4. The molecule has 3 N–H and O–H groups in total. The Morgan fingerprint density at radius 1 is 0.913 bits per heavy atom. The van der Waals surface area contributed by atoms with Crippen LogP contribution in [0.15, 0.2) is 60.7 Å². The summed E-state index contributed by atoms with van der Waals surface area (Å²) in [6.45, 7) is 1.08. The van der Waals surface area contributed by atoms with Crippen molar-refractivity contribution in [1.29, 1.82) is 0 Å². The third-order valence-corrected chi connectivity index (χ3v) is 3.28. The zero-order valence-electron chi connectivity index (χ0n) is 12.4. The fourth-order valence-corrected chi connectivity index (χ4v) is 2.40. The summed E-state index contributed by atoms with van der Waals surface area (Å²) < 4.78 is 0. The number of imide groups is 1. The number of aliphatic carboxylic acids is 1. The van der Waals surface area contributed by atoms with E-state index in [1.807, 2.05) is 60.7 Å². The summed E-state index contributed by atoms with van der Waals surface area (Å²) in [4.78, 5) is 32.9. The van der Waals surface area contributed by atoms with Gasteiger partial charge in [0.05, 0.1) is 0 Å². The van der Waals surface area contributed by atoms with Gasteiger partial charge in [0.1, 0.15) is 0 Å². The normalized spacial score (nSPS) is 15.0. The molecule has 118 valence electrons. The van der Waals surface area contributed by atoms with E-state index in [4.69, 9.17) is 9.90 Å². The van der Waals surface area contributed by atoms with E-state index < -0.39 is 17.5 Å². The molecule has 0 aliphatic carbocycles. The van der Waals surface area contributed by atoms with Gasteiger partial charge in [-0.2, -0.15) is 0 Å². The van der Waals surface area contributed by atoms with E-state index >= 15 is 0 Å². The first-order valence-electron chi connectivity index (χ1n) is 6.91. The first-order valence-corrected chi connectivity index (χ1v) is 6.91. The summed E-state index contributed by atoms with van der Waals surface area (Å²) in [6, 6.07) is 18.0. The van der Waals surface area contributed by atoms with E-state index in [0.717, 1.165) is 18.1 Å². The van der Waals surface area contributed by atoms with Gasteiger partial charge < -0.3 is 10.4 Å².